The Hall–Kier alpha value is -1.10. The lowest BCUT2D eigenvalue weighted by Crippen LogP contribution is -2.39. The molecule has 0 aromatic heterocycles. The lowest BCUT2D eigenvalue weighted by molar-refractivity contribution is 0.493. The van der Waals surface area contributed by atoms with Gasteiger partial charge in [-0.3, -0.25) is 4.99 Å². The van der Waals surface area contributed by atoms with Crippen molar-refractivity contribution >= 4 is 21.9 Å². The Labute approximate surface area is 128 Å². The zero-order valence-electron chi connectivity index (χ0n) is 11.8. The lowest BCUT2D eigenvalue weighted by Gasteiger charge is -2.20. The highest BCUT2D eigenvalue weighted by atomic mass is 79.9. The quantitative estimate of drug-likeness (QED) is 0.672. The van der Waals surface area contributed by atoms with Crippen molar-refractivity contribution in [1.29, 1.82) is 0 Å². The van der Waals surface area contributed by atoms with E-state index in [4.69, 9.17) is 0 Å². The maximum absolute atomic E-state index is 13.6. The number of nitrogens with zero attached hydrogens (tertiary/aromatic N) is 2. The van der Waals surface area contributed by atoms with Gasteiger partial charge in [-0.25, -0.2) is 4.39 Å². The van der Waals surface area contributed by atoms with Crippen molar-refractivity contribution in [3.8, 4) is 0 Å². The van der Waals surface area contributed by atoms with Gasteiger partial charge in [0, 0.05) is 30.7 Å². The van der Waals surface area contributed by atoms with E-state index < -0.39 is 0 Å². The van der Waals surface area contributed by atoms with Gasteiger partial charge in [0.15, 0.2) is 5.96 Å². The molecular formula is C15H21BrFN3. The summed E-state index contributed by atoms with van der Waals surface area (Å²) in [5.74, 6) is 0.801. The summed E-state index contributed by atoms with van der Waals surface area (Å²) in [6, 6.07) is 5.04. The third-order valence-electron chi connectivity index (χ3n) is 3.39. The predicted molar refractivity (Wildman–Crippen MR) is 84.6 cm³/mol. The van der Waals surface area contributed by atoms with Crippen LogP contribution in [-0.4, -0.2) is 37.0 Å². The van der Waals surface area contributed by atoms with Crippen molar-refractivity contribution < 1.29 is 4.39 Å². The van der Waals surface area contributed by atoms with E-state index in [9.17, 15) is 4.39 Å². The molecule has 20 heavy (non-hydrogen) atoms. The second kappa shape index (κ2) is 7.62. The average Bonchev–Trinajstić information content (AvgIpc) is 2.95. The molecule has 0 spiro atoms. The zero-order chi connectivity index (χ0) is 14.4. The average molecular weight is 342 g/mol. The van der Waals surface area contributed by atoms with Crippen LogP contribution in [-0.2, 0) is 6.42 Å². The fraction of sp³-hybridized carbons (Fsp3) is 0.533. The summed E-state index contributed by atoms with van der Waals surface area (Å²) >= 11 is 3.37. The summed E-state index contributed by atoms with van der Waals surface area (Å²) in [6.07, 6.45) is 3.07. The number of nitrogens with one attached hydrogen (secondary N) is 1. The summed E-state index contributed by atoms with van der Waals surface area (Å²) in [5.41, 5.74) is 0.709. The molecule has 5 heteroatoms. The lowest BCUT2D eigenvalue weighted by atomic mass is 10.1. The van der Waals surface area contributed by atoms with Crippen LogP contribution < -0.4 is 5.32 Å². The summed E-state index contributed by atoms with van der Waals surface area (Å²) in [5, 5.41) is 3.31. The monoisotopic (exact) mass is 341 g/mol. The highest BCUT2D eigenvalue weighted by Gasteiger charge is 2.15. The van der Waals surface area contributed by atoms with Crippen LogP contribution in [0.15, 0.2) is 27.7 Å². The maximum Gasteiger partial charge on any atom is 0.193 e. The first-order chi connectivity index (χ1) is 9.70. The molecule has 110 valence electrons. The summed E-state index contributed by atoms with van der Waals surface area (Å²) in [4.78, 5) is 6.89. The Morgan fingerprint density at radius 1 is 1.40 bits per heavy atom. The largest absolute Gasteiger partial charge is 0.357 e. The van der Waals surface area contributed by atoms with Gasteiger partial charge in [0.25, 0.3) is 0 Å². The molecule has 1 aliphatic heterocycles. The highest BCUT2D eigenvalue weighted by Crippen LogP contribution is 2.16. The highest BCUT2D eigenvalue weighted by molar-refractivity contribution is 9.10. The molecule has 1 heterocycles. The van der Waals surface area contributed by atoms with Crippen LogP contribution in [0.2, 0.25) is 0 Å². The molecule has 1 aromatic carbocycles. The molecule has 0 atom stereocenters. The Kier molecular flexibility index (Phi) is 5.83. The molecule has 1 N–H and O–H groups in total. The number of aliphatic imine (C=N–C) groups is 1. The molecule has 2 rings (SSSR count). The van der Waals surface area contributed by atoms with Crippen LogP contribution in [0.1, 0.15) is 25.3 Å². The first-order valence-corrected chi connectivity index (χ1v) is 7.97. The Morgan fingerprint density at radius 3 is 2.85 bits per heavy atom. The van der Waals surface area contributed by atoms with Crippen molar-refractivity contribution in [3.05, 3.63) is 34.1 Å². The van der Waals surface area contributed by atoms with Gasteiger partial charge in [-0.15, -0.1) is 0 Å². The molecule has 0 saturated carbocycles. The van der Waals surface area contributed by atoms with E-state index in [-0.39, 0.29) is 5.82 Å². The van der Waals surface area contributed by atoms with Crippen LogP contribution in [0.4, 0.5) is 4.39 Å². The van der Waals surface area contributed by atoms with Crippen molar-refractivity contribution in [1.82, 2.24) is 10.2 Å². The van der Waals surface area contributed by atoms with E-state index in [1.165, 1.54) is 18.9 Å². The first-order valence-electron chi connectivity index (χ1n) is 7.18. The summed E-state index contributed by atoms with van der Waals surface area (Å²) in [6.45, 7) is 5.67. The van der Waals surface area contributed by atoms with Crippen LogP contribution in [0.5, 0.6) is 0 Å². The molecule has 1 aromatic rings. The van der Waals surface area contributed by atoms with Crippen LogP contribution in [0.25, 0.3) is 0 Å². The fourth-order valence-electron chi connectivity index (χ4n) is 2.37. The van der Waals surface area contributed by atoms with Crippen molar-refractivity contribution in [2.45, 2.75) is 26.2 Å². The van der Waals surface area contributed by atoms with E-state index in [1.54, 1.807) is 6.07 Å². The third-order valence-corrected chi connectivity index (χ3v) is 3.88. The number of halogens is 2. The SMILES string of the molecule is CCNC(=NCCc1cc(Br)ccc1F)N1CCCC1. The minimum absolute atomic E-state index is 0.158. The van der Waals surface area contributed by atoms with Gasteiger partial charge < -0.3 is 10.2 Å². The van der Waals surface area contributed by atoms with E-state index in [1.807, 2.05) is 6.07 Å². The first kappa shape index (κ1) is 15.3. The van der Waals surface area contributed by atoms with E-state index >= 15 is 0 Å². The van der Waals surface area contributed by atoms with Crippen LogP contribution >= 0.6 is 15.9 Å². The van der Waals surface area contributed by atoms with E-state index in [0.29, 0.717) is 18.5 Å². The second-order valence-electron chi connectivity index (χ2n) is 4.92. The van der Waals surface area contributed by atoms with Gasteiger partial charge in [0.05, 0.1) is 0 Å². The van der Waals surface area contributed by atoms with Crippen LogP contribution in [0, 0.1) is 5.82 Å². The second-order valence-corrected chi connectivity index (χ2v) is 5.83. The molecular weight excluding hydrogens is 321 g/mol. The molecule has 1 aliphatic rings. The predicted octanol–water partition coefficient (Wildman–Crippen LogP) is 3.19. The number of hydrogen-bond donors (Lipinski definition) is 1. The van der Waals surface area contributed by atoms with E-state index in [0.717, 1.165) is 30.1 Å². The van der Waals surface area contributed by atoms with Crippen LogP contribution in [0.3, 0.4) is 0 Å². The van der Waals surface area contributed by atoms with Gasteiger partial charge in [-0.2, -0.15) is 0 Å². The van der Waals surface area contributed by atoms with E-state index in [2.05, 4.69) is 38.1 Å². The molecule has 3 nitrogen and oxygen atoms in total. The zero-order valence-corrected chi connectivity index (χ0v) is 13.4. The molecule has 0 amide bonds. The summed E-state index contributed by atoms with van der Waals surface area (Å²) < 4.78 is 14.6. The molecule has 0 aliphatic carbocycles. The van der Waals surface area contributed by atoms with Gasteiger partial charge in [0.2, 0.25) is 0 Å². The third kappa shape index (κ3) is 4.20. The fourth-order valence-corrected chi connectivity index (χ4v) is 2.78. The molecule has 0 radical (unpaired) electrons. The maximum atomic E-state index is 13.6. The van der Waals surface area contributed by atoms with Gasteiger partial charge >= 0.3 is 0 Å². The van der Waals surface area contributed by atoms with Gasteiger partial charge in [-0.05, 0) is 49.9 Å². The minimum Gasteiger partial charge on any atom is -0.357 e. The molecule has 1 fully saturated rings. The van der Waals surface area contributed by atoms with Gasteiger partial charge in [0.1, 0.15) is 5.82 Å². The standard InChI is InChI=1S/C15H21BrFN3/c1-2-18-15(20-9-3-4-10-20)19-8-7-12-11-13(16)5-6-14(12)17/h5-6,11H,2-4,7-10H2,1H3,(H,18,19). The number of benzene rings is 1. The number of guanidine groups is 1. The molecule has 1 saturated heterocycles. The van der Waals surface area contributed by atoms with Crippen molar-refractivity contribution in [2.24, 2.45) is 4.99 Å². The topological polar surface area (TPSA) is 27.6 Å². The Balaban J connectivity index is 1.97. The Bertz CT molecular complexity index is 470. The number of likely N-dealkylation sites (tertiary alicyclic amines) is 1. The minimum atomic E-state index is -0.158. The number of rotatable bonds is 4. The molecule has 0 unspecified atom stereocenters. The normalized spacial score (nSPS) is 15.8. The van der Waals surface area contributed by atoms with Crippen molar-refractivity contribution in [2.75, 3.05) is 26.2 Å². The molecule has 0 bridgehead atoms. The van der Waals surface area contributed by atoms with Crippen molar-refractivity contribution in [3.63, 3.8) is 0 Å². The summed E-state index contributed by atoms with van der Waals surface area (Å²) in [7, 11) is 0. The van der Waals surface area contributed by atoms with Gasteiger partial charge in [-0.1, -0.05) is 15.9 Å². The smallest absolute Gasteiger partial charge is 0.193 e. The Morgan fingerprint density at radius 2 is 2.15 bits per heavy atom. The number of hydrogen-bond acceptors (Lipinski definition) is 1.